The lowest BCUT2D eigenvalue weighted by molar-refractivity contribution is -0.125. The highest BCUT2D eigenvalue weighted by molar-refractivity contribution is 9.10. The Labute approximate surface area is 196 Å². The molecule has 2 aromatic carbocycles. The molecule has 1 aliphatic rings. The summed E-state index contributed by atoms with van der Waals surface area (Å²) in [6.07, 6.45) is 0. The number of urea groups is 1. The van der Waals surface area contributed by atoms with Gasteiger partial charge in [0, 0.05) is 12.2 Å². The van der Waals surface area contributed by atoms with Crippen molar-refractivity contribution in [1.29, 1.82) is 0 Å². The molecule has 7 nitrogen and oxygen atoms in total. The summed E-state index contributed by atoms with van der Waals surface area (Å²) in [6.45, 7) is 8.95. The Kier molecular flexibility index (Phi) is 7.80. The fourth-order valence-electron chi connectivity index (χ4n) is 3.48. The fraction of sp³-hybridized carbons (Fsp3) is 0.333. The lowest BCUT2D eigenvalue weighted by atomic mass is 9.88. The van der Waals surface area contributed by atoms with Crippen LogP contribution in [0.5, 0.6) is 11.5 Å². The third-order valence-electron chi connectivity index (χ3n) is 5.03. The summed E-state index contributed by atoms with van der Waals surface area (Å²) in [7, 11) is 1.55. The standard InChI is InChI=1S/C24H28BrN3O4/c1-14(2)13-32-22-18(25)10-17(11-19(22)31-4)21-20(15(3)27-24(30)28-21)23(29)26-12-16-8-6-5-7-9-16/h5-11,14,20-21H,3,12-13H2,1-2,4H3,(H,26,29)(H2,27,28,30)/t20-,21+/m1/s1. The zero-order valence-electron chi connectivity index (χ0n) is 18.4. The van der Waals surface area contributed by atoms with Crippen molar-refractivity contribution in [1.82, 2.24) is 16.0 Å². The fourth-order valence-corrected chi connectivity index (χ4v) is 4.05. The van der Waals surface area contributed by atoms with Crippen LogP contribution in [0.25, 0.3) is 0 Å². The first kappa shape index (κ1) is 23.7. The summed E-state index contributed by atoms with van der Waals surface area (Å²) in [4.78, 5) is 25.3. The van der Waals surface area contributed by atoms with Crippen molar-refractivity contribution in [3.63, 3.8) is 0 Å². The van der Waals surface area contributed by atoms with E-state index in [1.54, 1.807) is 13.2 Å². The van der Waals surface area contributed by atoms with Crippen LogP contribution in [-0.2, 0) is 11.3 Å². The summed E-state index contributed by atoms with van der Waals surface area (Å²) in [5.74, 6) is 0.476. The van der Waals surface area contributed by atoms with Crippen molar-refractivity contribution >= 4 is 27.9 Å². The molecule has 3 rings (SSSR count). The van der Waals surface area contributed by atoms with Gasteiger partial charge in [0.05, 0.1) is 24.2 Å². The summed E-state index contributed by atoms with van der Waals surface area (Å²) in [5, 5.41) is 8.42. The van der Waals surface area contributed by atoms with Crippen molar-refractivity contribution in [3.05, 3.63) is 70.3 Å². The number of halogens is 1. The van der Waals surface area contributed by atoms with E-state index in [1.165, 1.54) is 0 Å². The SMILES string of the molecule is C=C1NC(=O)N[C@@H](c2cc(Br)c(OCC(C)C)c(OC)c2)[C@@H]1C(=O)NCc1ccccc1. The van der Waals surface area contributed by atoms with Crippen LogP contribution in [0.2, 0.25) is 0 Å². The molecule has 0 aliphatic carbocycles. The van der Waals surface area contributed by atoms with Gasteiger partial charge in [-0.3, -0.25) is 4.79 Å². The first-order valence-electron chi connectivity index (χ1n) is 10.4. The molecule has 2 aromatic rings. The molecule has 0 saturated carbocycles. The van der Waals surface area contributed by atoms with Gasteiger partial charge < -0.3 is 25.4 Å². The number of carbonyl (C=O) groups excluding carboxylic acids is 2. The van der Waals surface area contributed by atoms with Gasteiger partial charge in [0.25, 0.3) is 0 Å². The molecule has 32 heavy (non-hydrogen) atoms. The summed E-state index contributed by atoms with van der Waals surface area (Å²) in [6, 6.07) is 12.2. The van der Waals surface area contributed by atoms with Gasteiger partial charge in [-0.1, -0.05) is 50.8 Å². The summed E-state index contributed by atoms with van der Waals surface area (Å²) < 4.78 is 12.1. The predicted molar refractivity (Wildman–Crippen MR) is 126 cm³/mol. The molecule has 1 saturated heterocycles. The average Bonchev–Trinajstić information content (AvgIpc) is 2.76. The molecule has 3 N–H and O–H groups in total. The van der Waals surface area contributed by atoms with Crippen LogP contribution < -0.4 is 25.4 Å². The minimum Gasteiger partial charge on any atom is -0.493 e. The molecule has 0 spiro atoms. The summed E-state index contributed by atoms with van der Waals surface area (Å²) in [5.41, 5.74) is 2.01. The molecule has 2 atom stereocenters. The maximum Gasteiger partial charge on any atom is 0.319 e. The zero-order valence-corrected chi connectivity index (χ0v) is 20.0. The molecule has 1 fully saturated rings. The number of methoxy groups -OCH3 is 1. The number of rotatable bonds is 8. The van der Waals surface area contributed by atoms with Gasteiger partial charge in [0.2, 0.25) is 5.91 Å². The van der Waals surface area contributed by atoms with Gasteiger partial charge in [-0.15, -0.1) is 0 Å². The average molecular weight is 502 g/mol. The topological polar surface area (TPSA) is 88.7 Å². The van der Waals surface area contributed by atoms with E-state index in [9.17, 15) is 9.59 Å². The van der Waals surface area contributed by atoms with Crippen molar-refractivity contribution in [2.24, 2.45) is 11.8 Å². The largest absolute Gasteiger partial charge is 0.493 e. The van der Waals surface area contributed by atoms with Crippen LogP contribution in [0, 0.1) is 11.8 Å². The van der Waals surface area contributed by atoms with Crippen LogP contribution >= 0.6 is 15.9 Å². The Morgan fingerprint density at radius 3 is 2.62 bits per heavy atom. The molecule has 170 valence electrons. The highest BCUT2D eigenvalue weighted by atomic mass is 79.9. The number of ether oxygens (including phenoxy) is 2. The van der Waals surface area contributed by atoms with E-state index in [0.29, 0.717) is 46.3 Å². The van der Waals surface area contributed by atoms with Crippen molar-refractivity contribution in [2.75, 3.05) is 13.7 Å². The van der Waals surface area contributed by atoms with E-state index in [4.69, 9.17) is 9.47 Å². The minimum absolute atomic E-state index is 0.244. The van der Waals surface area contributed by atoms with Gasteiger partial charge in [-0.05, 0) is 45.1 Å². The molecule has 0 unspecified atom stereocenters. The molecule has 0 radical (unpaired) electrons. The molecule has 0 aromatic heterocycles. The predicted octanol–water partition coefficient (Wildman–Crippen LogP) is 4.29. The lowest BCUT2D eigenvalue weighted by Crippen LogP contribution is -2.52. The molecule has 1 aliphatic heterocycles. The number of nitrogens with one attached hydrogen (secondary N) is 3. The van der Waals surface area contributed by atoms with E-state index in [2.05, 4.69) is 52.3 Å². The second kappa shape index (κ2) is 10.5. The second-order valence-corrected chi connectivity index (χ2v) is 8.88. The van der Waals surface area contributed by atoms with E-state index in [0.717, 1.165) is 5.56 Å². The Balaban J connectivity index is 1.88. The Morgan fingerprint density at radius 1 is 1.25 bits per heavy atom. The molecule has 1 heterocycles. The molecule has 3 amide bonds. The van der Waals surface area contributed by atoms with Crippen LogP contribution in [0.1, 0.15) is 31.0 Å². The van der Waals surface area contributed by atoms with Crippen molar-refractivity contribution in [2.45, 2.75) is 26.4 Å². The van der Waals surface area contributed by atoms with Gasteiger partial charge in [0.15, 0.2) is 11.5 Å². The zero-order chi connectivity index (χ0) is 23.3. The molecular weight excluding hydrogens is 474 g/mol. The maximum atomic E-state index is 13.1. The van der Waals surface area contributed by atoms with Crippen molar-refractivity contribution in [3.8, 4) is 11.5 Å². The maximum absolute atomic E-state index is 13.1. The van der Waals surface area contributed by atoms with Crippen LogP contribution in [-0.4, -0.2) is 25.7 Å². The van der Waals surface area contributed by atoms with Crippen LogP contribution in [0.4, 0.5) is 4.79 Å². The van der Waals surface area contributed by atoms with E-state index in [-0.39, 0.29) is 5.91 Å². The molecular formula is C24H28BrN3O4. The van der Waals surface area contributed by atoms with Gasteiger partial charge in [-0.2, -0.15) is 0 Å². The smallest absolute Gasteiger partial charge is 0.319 e. The number of hydrogen-bond acceptors (Lipinski definition) is 4. The number of benzene rings is 2. The first-order valence-corrected chi connectivity index (χ1v) is 11.2. The lowest BCUT2D eigenvalue weighted by Gasteiger charge is -2.34. The van der Waals surface area contributed by atoms with Gasteiger partial charge in [-0.25, -0.2) is 4.79 Å². The number of carbonyl (C=O) groups is 2. The summed E-state index contributed by atoms with van der Waals surface area (Å²) >= 11 is 3.55. The number of amides is 3. The van der Waals surface area contributed by atoms with Crippen LogP contribution in [0.15, 0.2) is 59.2 Å². The quantitative estimate of drug-likeness (QED) is 0.503. The van der Waals surface area contributed by atoms with E-state index in [1.807, 2.05) is 36.4 Å². The van der Waals surface area contributed by atoms with Gasteiger partial charge in [0.1, 0.15) is 5.92 Å². The Morgan fingerprint density at radius 2 is 1.97 bits per heavy atom. The molecule has 0 bridgehead atoms. The third kappa shape index (κ3) is 5.62. The second-order valence-electron chi connectivity index (χ2n) is 8.02. The van der Waals surface area contributed by atoms with E-state index < -0.39 is 18.0 Å². The van der Waals surface area contributed by atoms with E-state index >= 15 is 0 Å². The highest BCUT2D eigenvalue weighted by Crippen LogP contribution is 2.41. The monoisotopic (exact) mass is 501 g/mol. The first-order chi connectivity index (χ1) is 15.3. The Bertz CT molecular complexity index is 994. The molecule has 8 heteroatoms. The number of hydrogen-bond donors (Lipinski definition) is 3. The third-order valence-corrected chi connectivity index (χ3v) is 5.62. The van der Waals surface area contributed by atoms with Gasteiger partial charge >= 0.3 is 6.03 Å². The normalized spacial score (nSPS) is 18.0. The Hall–Kier alpha value is -3.00. The minimum atomic E-state index is -0.713. The highest BCUT2D eigenvalue weighted by Gasteiger charge is 2.38. The van der Waals surface area contributed by atoms with Crippen LogP contribution in [0.3, 0.4) is 0 Å². The van der Waals surface area contributed by atoms with Crippen molar-refractivity contribution < 1.29 is 19.1 Å².